The molecule has 1 unspecified atom stereocenters. The van der Waals surface area contributed by atoms with E-state index in [1.165, 1.54) is 0 Å². The van der Waals surface area contributed by atoms with Crippen molar-refractivity contribution >= 4 is 23.3 Å². The predicted molar refractivity (Wildman–Crippen MR) is 76.1 cm³/mol. The Morgan fingerprint density at radius 1 is 1.68 bits per heavy atom. The van der Waals surface area contributed by atoms with Crippen LogP contribution in [0.3, 0.4) is 0 Å². The summed E-state index contributed by atoms with van der Waals surface area (Å²) >= 11 is 6.28. The third-order valence-corrected chi connectivity index (χ3v) is 3.18. The molecule has 0 aliphatic heterocycles. The zero-order chi connectivity index (χ0) is 14.4. The number of methoxy groups -OCH3 is 1. The van der Waals surface area contributed by atoms with Gasteiger partial charge >= 0.3 is 0 Å². The molecule has 6 nitrogen and oxygen atoms in total. The van der Waals surface area contributed by atoms with Crippen LogP contribution in [0.5, 0.6) is 0 Å². The van der Waals surface area contributed by atoms with E-state index in [0.29, 0.717) is 23.0 Å². The fourth-order valence-electron chi connectivity index (χ4n) is 1.89. The largest absolute Gasteiger partial charge is 0.409 e. The number of hydrogen-bond acceptors (Lipinski definition) is 5. The summed E-state index contributed by atoms with van der Waals surface area (Å²) in [5.74, 6) is 0.557. The maximum atomic E-state index is 8.74. The van der Waals surface area contributed by atoms with Gasteiger partial charge in [-0.25, -0.2) is 4.98 Å². The number of nitrogens with two attached hydrogens (primary N) is 1. The zero-order valence-corrected chi connectivity index (χ0v) is 12.1. The molecule has 106 valence electrons. The van der Waals surface area contributed by atoms with E-state index in [2.05, 4.69) is 10.1 Å². The van der Waals surface area contributed by atoms with Crippen LogP contribution >= 0.6 is 11.6 Å². The highest BCUT2D eigenvalue weighted by molar-refractivity contribution is 6.36. The lowest BCUT2D eigenvalue weighted by molar-refractivity contribution is 0.181. The topological polar surface area (TPSA) is 84.0 Å². The summed E-state index contributed by atoms with van der Waals surface area (Å²) in [5, 5.41) is 12.1. The van der Waals surface area contributed by atoms with Gasteiger partial charge < -0.3 is 20.6 Å². The minimum absolute atomic E-state index is 0.0379. The SMILES string of the molecule is CCN(c1nccc(/C(N)=N/O)c1Cl)C(C)COC. The molecule has 0 saturated carbocycles. The first-order valence-corrected chi connectivity index (χ1v) is 6.32. The number of ether oxygens (including phenoxy) is 1. The van der Waals surface area contributed by atoms with Crippen molar-refractivity contribution in [2.75, 3.05) is 25.2 Å². The molecule has 1 atom stereocenters. The molecule has 1 aromatic heterocycles. The fraction of sp³-hybridized carbons (Fsp3) is 0.500. The van der Waals surface area contributed by atoms with Crippen LogP contribution in [0.2, 0.25) is 5.02 Å². The van der Waals surface area contributed by atoms with Gasteiger partial charge in [0, 0.05) is 25.4 Å². The van der Waals surface area contributed by atoms with Crippen LogP contribution in [0.15, 0.2) is 17.4 Å². The van der Waals surface area contributed by atoms with Gasteiger partial charge in [-0.2, -0.15) is 0 Å². The number of pyridine rings is 1. The molecule has 0 fully saturated rings. The second kappa shape index (κ2) is 7.16. The number of anilines is 1. The van der Waals surface area contributed by atoms with Crippen molar-refractivity contribution in [1.82, 2.24) is 4.98 Å². The van der Waals surface area contributed by atoms with Crippen LogP contribution in [-0.4, -0.2) is 42.3 Å². The van der Waals surface area contributed by atoms with Gasteiger partial charge in [0.1, 0.15) is 5.82 Å². The van der Waals surface area contributed by atoms with Gasteiger partial charge in [-0.3, -0.25) is 0 Å². The van der Waals surface area contributed by atoms with Crippen LogP contribution < -0.4 is 10.6 Å². The molecular formula is C12H19ClN4O2. The van der Waals surface area contributed by atoms with E-state index >= 15 is 0 Å². The minimum Gasteiger partial charge on any atom is -0.409 e. The third-order valence-electron chi connectivity index (χ3n) is 2.81. The maximum absolute atomic E-state index is 8.74. The average molecular weight is 287 g/mol. The molecule has 0 aliphatic carbocycles. The Bertz CT molecular complexity index is 453. The van der Waals surface area contributed by atoms with E-state index in [9.17, 15) is 0 Å². The highest BCUT2D eigenvalue weighted by atomic mass is 35.5. The molecule has 7 heteroatoms. The first-order chi connectivity index (χ1) is 9.06. The average Bonchev–Trinajstić information content (AvgIpc) is 2.41. The number of likely N-dealkylation sites (N-methyl/N-ethyl adjacent to an activating group) is 1. The third kappa shape index (κ3) is 3.48. The first kappa shape index (κ1) is 15.5. The van der Waals surface area contributed by atoms with E-state index < -0.39 is 0 Å². The summed E-state index contributed by atoms with van der Waals surface area (Å²) < 4.78 is 5.15. The van der Waals surface area contributed by atoms with E-state index in [1.807, 2.05) is 18.7 Å². The number of hydrogen-bond donors (Lipinski definition) is 2. The Labute approximate surface area is 117 Å². The van der Waals surface area contributed by atoms with Crippen LogP contribution in [0, 0.1) is 0 Å². The van der Waals surface area contributed by atoms with Gasteiger partial charge in [0.25, 0.3) is 0 Å². The van der Waals surface area contributed by atoms with Gasteiger partial charge in [0.15, 0.2) is 5.84 Å². The summed E-state index contributed by atoms with van der Waals surface area (Å²) in [7, 11) is 1.65. The van der Waals surface area contributed by atoms with Gasteiger partial charge in [-0.15, -0.1) is 0 Å². The van der Waals surface area contributed by atoms with Gasteiger partial charge in [0.05, 0.1) is 17.7 Å². The van der Waals surface area contributed by atoms with E-state index in [1.54, 1.807) is 19.4 Å². The second-order valence-corrected chi connectivity index (χ2v) is 4.45. The monoisotopic (exact) mass is 286 g/mol. The summed E-state index contributed by atoms with van der Waals surface area (Å²) in [4.78, 5) is 6.28. The highest BCUT2D eigenvalue weighted by Crippen LogP contribution is 2.28. The molecule has 19 heavy (non-hydrogen) atoms. The molecule has 1 aromatic rings. The van der Waals surface area contributed by atoms with Crippen molar-refractivity contribution in [2.45, 2.75) is 19.9 Å². The number of rotatable bonds is 6. The van der Waals surface area contributed by atoms with Crippen LogP contribution in [0.1, 0.15) is 19.4 Å². The van der Waals surface area contributed by atoms with E-state index in [4.69, 9.17) is 27.3 Å². The molecule has 0 bridgehead atoms. The van der Waals surface area contributed by atoms with Crippen molar-refractivity contribution in [3.8, 4) is 0 Å². The standard InChI is InChI=1S/C12H19ClN4O2/c1-4-17(8(2)7-19-3)12-10(13)9(5-6-15-12)11(14)16-18/h5-6,8,18H,4,7H2,1-3H3,(H2,14,16). The number of aromatic nitrogens is 1. The van der Waals surface area contributed by atoms with Gasteiger partial charge in [0.2, 0.25) is 0 Å². The Kier molecular flexibility index (Phi) is 5.85. The smallest absolute Gasteiger partial charge is 0.171 e. The molecular weight excluding hydrogens is 268 g/mol. The normalized spacial score (nSPS) is 13.4. The lowest BCUT2D eigenvalue weighted by Crippen LogP contribution is -2.37. The fourth-order valence-corrected chi connectivity index (χ4v) is 2.20. The van der Waals surface area contributed by atoms with Crippen molar-refractivity contribution in [1.29, 1.82) is 0 Å². The van der Waals surface area contributed by atoms with Crippen molar-refractivity contribution < 1.29 is 9.94 Å². The Morgan fingerprint density at radius 2 is 2.37 bits per heavy atom. The van der Waals surface area contributed by atoms with Crippen LogP contribution in [0.25, 0.3) is 0 Å². The van der Waals surface area contributed by atoms with E-state index in [0.717, 1.165) is 6.54 Å². The first-order valence-electron chi connectivity index (χ1n) is 5.94. The van der Waals surface area contributed by atoms with Gasteiger partial charge in [-0.05, 0) is 19.9 Å². The number of oxime groups is 1. The maximum Gasteiger partial charge on any atom is 0.171 e. The highest BCUT2D eigenvalue weighted by Gasteiger charge is 2.19. The molecule has 0 saturated heterocycles. The van der Waals surface area contributed by atoms with Gasteiger partial charge in [-0.1, -0.05) is 16.8 Å². The molecule has 1 heterocycles. The minimum atomic E-state index is -0.0379. The molecule has 0 aliphatic rings. The Hall–Kier alpha value is -1.53. The van der Waals surface area contributed by atoms with Crippen molar-refractivity contribution in [3.63, 3.8) is 0 Å². The quantitative estimate of drug-likeness (QED) is 0.360. The number of halogens is 1. The van der Waals surface area contributed by atoms with Crippen LogP contribution in [0.4, 0.5) is 5.82 Å². The summed E-state index contributed by atoms with van der Waals surface area (Å²) in [6.45, 7) is 5.29. The molecule has 0 radical (unpaired) electrons. The number of amidine groups is 1. The lowest BCUT2D eigenvalue weighted by atomic mass is 10.2. The molecule has 0 aromatic carbocycles. The van der Waals surface area contributed by atoms with E-state index in [-0.39, 0.29) is 11.9 Å². The molecule has 0 spiro atoms. The Balaban J connectivity index is 3.18. The van der Waals surface area contributed by atoms with Crippen molar-refractivity contribution in [3.05, 3.63) is 22.8 Å². The van der Waals surface area contributed by atoms with Crippen molar-refractivity contribution in [2.24, 2.45) is 10.9 Å². The summed E-state index contributed by atoms with van der Waals surface area (Å²) in [6.07, 6.45) is 1.58. The summed E-state index contributed by atoms with van der Waals surface area (Å²) in [5.41, 5.74) is 6.04. The Morgan fingerprint density at radius 3 is 2.89 bits per heavy atom. The summed E-state index contributed by atoms with van der Waals surface area (Å²) in [6, 6.07) is 1.72. The number of nitrogens with zero attached hydrogens (tertiary/aromatic N) is 3. The molecule has 0 amide bonds. The second-order valence-electron chi connectivity index (χ2n) is 4.07. The van der Waals surface area contributed by atoms with Crippen LogP contribution in [-0.2, 0) is 4.74 Å². The molecule has 3 N–H and O–H groups in total. The zero-order valence-electron chi connectivity index (χ0n) is 11.3. The molecule has 1 rings (SSSR count). The lowest BCUT2D eigenvalue weighted by Gasteiger charge is -2.29. The predicted octanol–water partition coefficient (Wildman–Crippen LogP) is 1.69.